The van der Waals surface area contributed by atoms with Gasteiger partial charge in [-0.3, -0.25) is 0 Å². The third-order valence-corrected chi connectivity index (χ3v) is 1.70. The van der Waals surface area contributed by atoms with Gasteiger partial charge in [-0.25, -0.2) is 0 Å². The smallest absolute Gasteiger partial charge is 0.109 e. The van der Waals surface area contributed by atoms with Crippen LogP contribution in [-0.4, -0.2) is 48.5 Å². The first kappa shape index (κ1) is 8.89. The van der Waals surface area contributed by atoms with Gasteiger partial charge in [0.2, 0.25) is 0 Å². The number of methoxy groups -OCH3 is 1. The Balaban J connectivity index is 2.55. The summed E-state index contributed by atoms with van der Waals surface area (Å²) in [5, 5.41) is 29.0. The van der Waals surface area contributed by atoms with Crippen molar-refractivity contribution >= 4 is 0 Å². The van der Waals surface area contributed by atoms with E-state index in [9.17, 15) is 5.11 Å². The summed E-state index contributed by atoms with van der Waals surface area (Å²) in [6.45, 7) is -0.130. The molecular weight excluding hydrogens is 152 g/mol. The molecule has 5 nitrogen and oxygen atoms in total. The minimum absolute atomic E-state index is 0.130. The number of hydrogen-bond donors (Lipinski definition) is 2. The van der Waals surface area contributed by atoms with E-state index in [-0.39, 0.29) is 6.61 Å². The fraction of sp³-hybridized carbons (Fsp3) is 1.00. The fourth-order valence-corrected chi connectivity index (χ4v) is 1.02. The van der Waals surface area contributed by atoms with E-state index >= 15 is 0 Å². The summed E-state index contributed by atoms with van der Waals surface area (Å²) in [6, 6.07) is 0. The molecule has 0 aliphatic carbocycles. The Morgan fingerprint density at radius 3 is 2.64 bits per heavy atom. The molecule has 0 spiro atoms. The first-order valence-electron chi connectivity index (χ1n) is 3.33. The molecular formula is C6H11O5-. The zero-order chi connectivity index (χ0) is 8.43. The summed E-state index contributed by atoms with van der Waals surface area (Å²) >= 11 is 0. The zero-order valence-electron chi connectivity index (χ0n) is 6.14. The molecule has 0 saturated carbocycles. The largest absolute Gasteiger partial charge is 0.829 e. The van der Waals surface area contributed by atoms with E-state index < -0.39 is 24.6 Å². The maximum absolute atomic E-state index is 10.8. The van der Waals surface area contributed by atoms with Crippen LogP contribution in [0.2, 0.25) is 0 Å². The predicted octanol–water partition coefficient (Wildman–Crippen LogP) is -2.56. The lowest BCUT2D eigenvalue weighted by Crippen LogP contribution is -2.58. The van der Waals surface area contributed by atoms with E-state index in [0.717, 1.165) is 0 Å². The Bertz CT molecular complexity index is 128. The van der Waals surface area contributed by atoms with Crippen LogP contribution in [0.15, 0.2) is 0 Å². The third kappa shape index (κ3) is 1.69. The molecule has 1 fully saturated rings. The summed E-state index contributed by atoms with van der Waals surface area (Å²) in [5.74, 6) is 0. The monoisotopic (exact) mass is 163 g/mol. The molecule has 0 aromatic carbocycles. The minimum Gasteiger partial charge on any atom is -0.829 e. The average molecular weight is 163 g/mol. The van der Waals surface area contributed by atoms with E-state index in [4.69, 9.17) is 10.2 Å². The van der Waals surface area contributed by atoms with Crippen molar-refractivity contribution in [3.05, 3.63) is 0 Å². The molecule has 0 radical (unpaired) electrons. The number of rotatable bonds is 1. The molecule has 4 atom stereocenters. The van der Waals surface area contributed by atoms with Gasteiger partial charge in [0.05, 0.1) is 12.7 Å². The maximum Gasteiger partial charge on any atom is 0.109 e. The van der Waals surface area contributed by atoms with Crippen LogP contribution in [-0.2, 0) is 9.47 Å². The van der Waals surface area contributed by atoms with E-state index in [2.05, 4.69) is 9.47 Å². The molecule has 11 heavy (non-hydrogen) atoms. The van der Waals surface area contributed by atoms with Crippen molar-refractivity contribution in [2.24, 2.45) is 0 Å². The Morgan fingerprint density at radius 1 is 1.55 bits per heavy atom. The number of aliphatic hydroxyl groups excluding tert-OH is 2. The molecule has 66 valence electrons. The Hall–Kier alpha value is -0.200. The molecule has 1 saturated heterocycles. The minimum atomic E-state index is -1.40. The third-order valence-electron chi connectivity index (χ3n) is 1.70. The van der Waals surface area contributed by atoms with Crippen molar-refractivity contribution in [1.82, 2.24) is 0 Å². The van der Waals surface area contributed by atoms with Crippen LogP contribution in [0.5, 0.6) is 0 Å². The van der Waals surface area contributed by atoms with E-state index in [0.29, 0.717) is 0 Å². The summed E-state index contributed by atoms with van der Waals surface area (Å²) < 4.78 is 9.21. The Morgan fingerprint density at radius 2 is 2.18 bits per heavy atom. The number of ether oxygens (including phenoxy) is 2. The van der Waals surface area contributed by atoms with Crippen molar-refractivity contribution in [2.75, 3.05) is 13.7 Å². The van der Waals surface area contributed by atoms with Crippen LogP contribution >= 0.6 is 0 Å². The topological polar surface area (TPSA) is 82.0 Å². The van der Waals surface area contributed by atoms with Gasteiger partial charge in [-0.1, -0.05) is 0 Å². The molecule has 1 rings (SSSR count). The molecule has 0 unspecified atom stereocenters. The predicted molar refractivity (Wildman–Crippen MR) is 32.6 cm³/mol. The highest BCUT2D eigenvalue weighted by atomic mass is 16.6. The summed E-state index contributed by atoms with van der Waals surface area (Å²) in [5.41, 5.74) is 0. The normalized spacial score (nSPS) is 45.8. The maximum atomic E-state index is 10.8. The molecule has 0 bridgehead atoms. The first-order valence-corrected chi connectivity index (χ1v) is 3.33. The highest BCUT2D eigenvalue weighted by Gasteiger charge is 2.33. The van der Waals surface area contributed by atoms with Crippen molar-refractivity contribution in [3.8, 4) is 0 Å². The SMILES string of the molecule is CO[C@H]1[C@H](O)[C@H](O)CO[C@H]1[O-]. The molecule has 1 aliphatic heterocycles. The van der Waals surface area contributed by atoms with Crippen LogP contribution in [0.4, 0.5) is 0 Å². The second kappa shape index (κ2) is 3.46. The van der Waals surface area contributed by atoms with E-state index in [1.54, 1.807) is 0 Å². The Kier molecular flexibility index (Phi) is 2.80. The molecule has 0 aromatic heterocycles. The van der Waals surface area contributed by atoms with Crippen molar-refractivity contribution in [1.29, 1.82) is 0 Å². The highest BCUT2D eigenvalue weighted by Crippen LogP contribution is 2.14. The lowest BCUT2D eigenvalue weighted by molar-refractivity contribution is -0.524. The Labute approximate surface area is 64.2 Å². The number of aliphatic hydroxyl groups is 2. The van der Waals surface area contributed by atoms with Gasteiger partial charge in [0.15, 0.2) is 0 Å². The second-order valence-electron chi connectivity index (χ2n) is 2.46. The standard InChI is InChI=1S/C6H11O5/c1-10-5-4(8)3(7)2-11-6(5)9/h3-8H,2H2,1H3/q-1/t3-,4-,5+,6-/m1/s1. The molecule has 5 heteroatoms. The van der Waals surface area contributed by atoms with Gasteiger partial charge in [0.25, 0.3) is 0 Å². The fourth-order valence-electron chi connectivity index (χ4n) is 1.02. The quantitative estimate of drug-likeness (QED) is 0.444. The molecule has 1 aliphatic rings. The zero-order valence-corrected chi connectivity index (χ0v) is 6.14. The van der Waals surface area contributed by atoms with Gasteiger partial charge in [-0.2, -0.15) is 0 Å². The van der Waals surface area contributed by atoms with Crippen LogP contribution in [0.25, 0.3) is 0 Å². The van der Waals surface area contributed by atoms with Gasteiger partial charge < -0.3 is 24.8 Å². The van der Waals surface area contributed by atoms with Crippen LogP contribution in [0, 0.1) is 0 Å². The van der Waals surface area contributed by atoms with Gasteiger partial charge >= 0.3 is 0 Å². The molecule has 0 aromatic rings. The summed E-state index contributed by atoms with van der Waals surface area (Å²) in [6.07, 6.45) is -4.54. The van der Waals surface area contributed by atoms with E-state index in [1.165, 1.54) is 7.11 Å². The number of hydrogen-bond acceptors (Lipinski definition) is 5. The van der Waals surface area contributed by atoms with Crippen molar-refractivity contribution in [2.45, 2.75) is 24.6 Å². The first-order chi connectivity index (χ1) is 5.16. The molecule has 0 amide bonds. The van der Waals surface area contributed by atoms with Gasteiger partial charge in [-0.05, 0) is 0 Å². The van der Waals surface area contributed by atoms with Gasteiger partial charge in [0.1, 0.15) is 12.2 Å². The lowest BCUT2D eigenvalue weighted by atomic mass is 10.1. The summed E-state index contributed by atoms with van der Waals surface area (Å²) in [7, 11) is 1.29. The summed E-state index contributed by atoms with van der Waals surface area (Å²) in [4.78, 5) is 0. The second-order valence-corrected chi connectivity index (χ2v) is 2.46. The van der Waals surface area contributed by atoms with Gasteiger partial charge in [-0.15, -0.1) is 0 Å². The van der Waals surface area contributed by atoms with Crippen LogP contribution < -0.4 is 5.11 Å². The van der Waals surface area contributed by atoms with Crippen LogP contribution in [0.3, 0.4) is 0 Å². The molecule has 1 heterocycles. The van der Waals surface area contributed by atoms with Crippen molar-refractivity contribution < 1.29 is 24.8 Å². The van der Waals surface area contributed by atoms with Crippen LogP contribution in [0.1, 0.15) is 0 Å². The van der Waals surface area contributed by atoms with E-state index in [1.807, 2.05) is 0 Å². The molecule has 2 N–H and O–H groups in total. The van der Waals surface area contributed by atoms with Gasteiger partial charge in [0, 0.05) is 13.4 Å². The lowest BCUT2D eigenvalue weighted by Gasteiger charge is -2.40. The highest BCUT2D eigenvalue weighted by molar-refractivity contribution is 4.81. The van der Waals surface area contributed by atoms with Crippen molar-refractivity contribution in [3.63, 3.8) is 0 Å². The average Bonchev–Trinajstić information content (AvgIpc) is 1.99.